The molecule has 0 spiro atoms. The minimum absolute atomic E-state index is 0.0362. The van der Waals surface area contributed by atoms with Crippen molar-refractivity contribution < 1.29 is 21.9 Å². The predicted molar refractivity (Wildman–Crippen MR) is 117 cm³/mol. The van der Waals surface area contributed by atoms with Crippen LogP contribution in [0.5, 0.6) is 5.75 Å². The van der Waals surface area contributed by atoms with Gasteiger partial charge in [0.2, 0.25) is 20.0 Å². The minimum atomic E-state index is -4.08. The van der Waals surface area contributed by atoms with Gasteiger partial charge in [0.1, 0.15) is 16.5 Å². The molecule has 9 nitrogen and oxygen atoms in total. The number of rotatable bonds is 9. The zero-order chi connectivity index (χ0) is 22.7. The molecule has 0 amide bonds. The van der Waals surface area contributed by atoms with Crippen LogP contribution in [0, 0.1) is 5.41 Å². The molecule has 0 aromatic heterocycles. The lowest BCUT2D eigenvalue weighted by Crippen LogP contribution is -2.27. The van der Waals surface area contributed by atoms with Gasteiger partial charge in [-0.3, -0.25) is 10.1 Å². The molecule has 2 aromatic carbocycles. The fourth-order valence-electron chi connectivity index (χ4n) is 2.76. The van der Waals surface area contributed by atoms with Crippen LogP contribution in [0.25, 0.3) is 0 Å². The average molecular weight is 455 g/mol. The van der Waals surface area contributed by atoms with Crippen LogP contribution in [0.1, 0.15) is 36.5 Å². The first kappa shape index (κ1) is 23.6. The van der Waals surface area contributed by atoms with E-state index in [1.807, 2.05) is 19.9 Å². The molecule has 0 heterocycles. The van der Waals surface area contributed by atoms with E-state index in [-0.39, 0.29) is 35.2 Å². The number of anilines is 1. The van der Waals surface area contributed by atoms with Gasteiger partial charge in [-0.1, -0.05) is 26.0 Å². The van der Waals surface area contributed by atoms with Gasteiger partial charge >= 0.3 is 0 Å². The fourth-order valence-corrected chi connectivity index (χ4v) is 4.50. The number of phenols is 1. The second-order valence-electron chi connectivity index (χ2n) is 7.19. The van der Waals surface area contributed by atoms with E-state index in [2.05, 4.69) is 9.44 Å². The zero-order valence-electron chi connectivity index (χ0n) is 16.9. The summed E-state index contributed by atoms with van der Waals surface area (Å²) in [4.78, 5) is -0.389. The second-order valence-corrected chi connectivity index (χ2v) is 10.7. The topological polar surface area (TPSA) is 162 Å². The first-order chi connectivity index (χ1) is 13.8. The summed E-state index contributed by atoms with van der Waals surface area (Å²) >= 11 is 0. The highest BCUT2D eigenvalue weighted by Gasteiger charge is 2.20. The van der Waals surface area contributed by atoms with Crippen molar-refractivity contribution in [1.82, 2.24) is 4.72 Å². The quantitative estimate of drug-likeness (QED) is 0.286. The van der Waals surface area contributed by atoms with Gasteiger partial charge in [-0.15, -0.1) is 0 Å². The van der Waals surface area contributed by atoms with Crippen molar-refractivity contribution in [1.29, 1.82) is 5.41 Å². The van der Waals surface area contributed by atoms with Gasteiger partial charge in [-0.25, -0.2) is 21.6 Å². The number of hydrogen-bond acceptors (Lipinski definition) is 6. The van der Waals surface area contributed by atoms with Crippen LogP contribution in [-0.4, -0.2) is 40.6 Å². The van der Waals surface area contributed by atoms with Crippen LogP contribution in [0.15, 0.2) is 41.3 Å². The molecular weight excluding hydrogens is 428 g/mol. The molecule has 30 heavy (non-hydrogen) atoms. The van der Waals surface area contributed by atoms with Gasteiger partial charge in [-0.2, -0.15) is 0 Å². The molecule has 0 aliphatic heterocycles. The first-order valence-electron chi connectivity index (χ1n) is 9.08. The van der Waals surface area contributed by atoms with Gasteiger partial charge in [0.25, 0.3) is 0 Å². The Kier molecular flexibility index (Phi) is 7.11. The van der Waals surface area contributed by atoms with E-state index in [1.54, 1.807) is 12.1 Å². The molecule has 2 aromatic rings. The third-order valence-corrected chi connectivity index (χ3v) is 6.42. The van der Waals surface area contributed by atoms with Gasteiger partial charge in [0, 0.05) is 12.1 Å². The van der Waals surface area contributed by atoms with E-state index in [4.69, 9.17) is 11.1 Å². The Morgan fingerprint density at radius 2 is 1.80 bits per heavy atom. The van der Waals surface area contributed by atoms with E-state index in [0.717, 1.165) is 24.0 Å². The number of nitrogens with one attached hydrogen (secondary N) is 3. The molecule has 0 saturated heterocycles. The third kappa shape index (κ3) is 6.18. The molecule has 164 valence electrons. The maximum absolute atomic E-state index is 12.6. The predicted octanol–water partition coefficient (Wildman–Crippen LogP) is 1.69. The minimum Gasteiger partial charge on any atom is -0.507 e. The number of aromatic hydroxyl groups is 1. The summed E-state index contributed by atoms with van der Waals surface area (Å²) in [6, 6.07) is 8.97. The Labute approximate surface area is 176 Å². The summed E-state index contributed by atoms with van der Waals surface area (Å²) in [7, 11) is -7.59. The van der Waals surface area contributed by atoms with E-state index >= 15 is 0 Å². The summed E-state index contributed by atoms with van der Waals surface area (Å²) in [5.41, 5.74) is 7.50. The summed E-state index contributed by atoms with van der Waals surface area (Å²) in [6.07, 6.45) is 1.26. The lowest BCUT2D eigenvalue weighted by atomic mass is 9.99. The Balaban J connectivity index is 2.23. The van der Waals surface area contributed by atoms with Crippen molar-refractivity contribution >= 4 is 31.6 Å². The van der Waals surface area contributed by atoms with Crippen LogP contribution >= 0.6 is 0 Å². The van der Waals surface area contributed by atoms with Crippen molar-refractivity contribution in [3.63, 3.8) is 0 Å². The molecule has 0 aliphatic rings. The highest BCUT2D eigenvalue weighted by atomic mass is 32.2. The van der Waals surface area contributed by atoms with Crippen LogP contribution in [0.2, 0.25) is 0 Å². The summed E-state index contributed by atoms with van der Waals surface area (Å²) in [5.74, 6) is -0.601. The molecule has 0 radical (unpaired) electrons. The van der Waals surface area contributed by atoms with Gasteiger partial charge < -0.3 is 10.8 Å². The van der Waals surface area contributed by atoms with Gasteiger partial charge in [0.05, 0.1) is 11.9 Å². The molecular formula is C19H26N4O5S2. The van der Waals surface area contributed by atoms with E-state index in [0.29, 0.717) is 11.3 Å². The van der Waals surface area contributed by atoms with Crippen molar-refractivity contribution in [2.45, 2.75) is 31.1 Å². The molecule has 2 rings (SSSR count). The lowest BCUT2D eigenvalue weighted by Gasteiger charge is -2.15. The fraction of sp³-hybridized carbons (Fsp3) is 0.316. The molecule has 0 bridgehead atoms. The maximum atomic E-state index is 12.6. The highest BCUT2D eigenvalue weighted by Crippen LogP contribution is 2.25. The second kappa shape index (κ2) is 9.02. The molecule has 0 fully saturated rings. The largest absolute Gasteiger partial charge is 0.507 e. The number of phenolic OH excluding ortho intramolecular Hbond substituents is 1. The van der Waals surface area contributed by atoms with E-state index in [1.165, 1.54) is 6.07 Å². The van der Waals surface area contributed by atoms with Crippen LogP contribution in [0.4, 0.5) is 5.69 Å². The average Bonchev–Trinajstić information content (AvgIpc) is 2.61. The SMILES string of the molecule is CC(C)c1ccc(CCNS(=O)(=O)c2cc(C(=N)N)ccc2O)c(NS(C)(=O)=O)c1. The van der Waals surface area contributed by atoms with Crippen LogP contribution < -0.4 is 15.2 Å². The van der Waals surface area contributed by atoms with Gasteiger partial charge in [-0.05, 0) is 47.7 Å². The summed E-state index contributed by atoms with van der Waals surface area (Å²) in [5, 5.41) is 17.3. The summed E-state index contributed by atoms with van der Waals surface area (Å²) in [6.45, 7) is 3.93. The standard InChI is InChI=1S/C19H26N4O5S2/c1-12(2)14-5-4-13(16(10-14)23-29(3,25)26)8-9-22-30(27,28)18-11-15(19(20)21)6-7-17(18)24/h4-7,10-12,22-24H,8-9H2,1-3H3,(H3,20,21). The summed E-state index contributed by atoms with van der Waals surface area (Å²) < 4.78 is 53.4. The van der Waals surface area contributed by atoms with Crippen molar-refractivity contribution in [2.24, 2.45) is 5.73 Å². The van der Waals surface area contributed by atoms with E-state index in [9.17, 15) is 21.9 Å². The maximum Gasteiger partial charge on any atom is 0.244 e. The number of nitrogens with two attached hydrogens (primary N) is 1. The van der Waals surface area contributed by atoms with Crippen molar-refractivity contribution in [3.8, 4) is 5.75 Å². The number of amidine groups is 1. The van der Waals surface area contributed by atoms with Crippen LogP contribution in [-0.2, 0) is 26.5 Å². The molecule has 0 unspecified atom stereocenters. The van der Waals surface area contributed by atoms with Crippen molar-refractivity contribution in [2.75, 3.05) is 17.5 Å². The number of nitrogen functional groups attached to an aromatic ring is 1. The smallest absolute Gasteiger partial charge is 0.244 e. The van der Waals surface area contributed by atoms with Gasteiger partial charge in [0.15, 0.2) is 0 Å². The highest BCUT2D eigenvalue weighted by molar-refractivity contribution is 7.92. The molecule has 6 N–H and O–H groups in total. The lowest BCUT2D eigenvalue weighted by molar-refractivity contribution is 0.458. The molecule has 11 heteroatoms. The Hall–Kier alpha value is -2.63. The van der Waals surface area contributed by atoms with E-state index < -0.39 is 25.8 Å². The Morgan fingerprint density at radius 1 is 1.13 bits per heavy atom. The Morgan fingerprint density at radius 3 is 2.37 bits per heavy atom. The number of hydrogen-bond donors (Lipinski definition) is 5. The monoisotopic (exact) mass is 454 g/mol. The third-order valence-electron chi connectivity index (χ3n) is 4.34. The van der Waals surface area contributed by atoms with Crippen LogP contribution in [0.3, 0.4) is 0 Å². The molecule has 0 atom stereocenters. The zero-order valence-corrected chi connectivity index (χ0v) is 18.6. The number of benzene rings is 2. The number of sulfonamides is 2. The molecule has 0 saturated carbocycles. The first-order valence-corrected chi connectivity index (χ1v) is 12.5. The Bertz CT molecular complexity index is 1160. The normalized spacial score (nSPS) is 12.1. The van der Waals surface area contributed by atoms with Crippen molar-refractivity contribution in [3.05, 3.63) is 53.1 Å². The molecule has 0 aliphatic carbocycles.